The molecule has 2 N–H and O–H groups in total. The fraction of sp³-hybridized carbons (Fsp3) is 0.345. The number of hydrogen-bond donors (Lipinski definition) is 2. The zero-order valence-corrected chi connectivity index (χ0v) is 20.9. The second-order valence-corrected chi connectivity index (χ2v) is 9.47. The van der Waals surface area contributed by atoms with Crippen LogP contribution in [0.3, 0.4) is 0 Å². The van der Waals surface area contributed by atoms with Crippen molar-refractivity contribution in [2.45, 2.75) is 45.4 Å². The summed E-state index contributed by atoms with van der Waals surface area (Å²) in [4.78, 5) is 46.9. The SMILES string of the molecule is Cc1nc(CC2CCN(c3ccc(C(=O)c4ccccc4)cc3)CC2)nc(C(=O)CCCC(=O)O)c1O. The Hall–Kier alpha value is -4.07. The highest BCUT2D eigenvalue weighted by molar-refractivity contribution is 6.09. The number of aliphatic carboxylic acids is 1. The average molecular weight is 502 g/mol. The van der Waals surface area contributed by atoms with Gasteiger partial charge in [-0.15, -0.1) is 0 Å². The molecule has 8 heteroatoms. The van der Waals surface area contributed by atoms with Gasteiger partial charge in [0.1, 0.15) is 5.82 Å². The summed E-state index contributed by atoms with van der Waals surface area (Å²) in [6.45, 7) is 3.35. The van der Waals surface area contributed by atoms with Crippen LogP contribution < -0.4 is 4.90 Å². The first-order valence-corrected chi connectivity index (χ1v) is 12.6. The number of hydrogen-bond acceptors (Lipinski definition) is 7. The number of benzene rings is 2. The van der Waals surface area contributed by atoms with E-state index in [1.807, 2.05) is 54.6 Å². The fourth-order valence-corrected chi connectivity index (χ4v) is 4.66. The van der Waals surface area contributed by atoms with E-state index in [0.29, 0.717) is 35.0 Å². The second kappa shape index (κ2) is 11.8. The largest absolute Gasteiger partial charge is 0.504 e. The molecule has 0 unspecified atom stereocenters. The minimum absolute atomic E-state index is 0.00906. The summed E-state index contributed by atoms with van der Waals surface area (Å²) in [6.07, 6.45) is 2.57. The molecule has 0 saturated carbocycles. The number of aryl methyl sites for hydroxylation is 1. The lowest BCUT2D eigenvalue weighted by Gasteiger charge is -2.33. The molecule has 0 radical (unpaired) electrons. The first-order chi connectivity index (χ1) is 17.8. The lowest BCUT2D eigenvalue weighted by Crippen LogP contribution is -2.34. The van der Waals surface area contributed by atoms with Crippen molar-refractivity contribution >= 4 is 23.2 Å². The Kier molecular flexibility index (Phi) is 8.28. The van der Waals surface area contributed by atoms with Gasteiger partial charge in [0.15, 0.2) is 23.0 Å². The molecule has 0 aliphatic carbocycles. The number of carboxylic acids is 1. The highest BCUT2D eigenvalue weighted by atomic mass is 16.4. The van der Waals surface area contributed by atoms with Crippen molar-refractivity contribution in [3.05, 3.63) is 82.9 Å². The molecular formula is C29H31N3O5. The standard InChI is InChI=1S/C29H31N3O5/c1-19-28(36)27(24(33)8-5-9-26(34)35)31-25(30-19)18-20-14-16-32(17-15-20)23-12-10-22(11-13-23)29(37)21-6-3-2-4-7-21/h2-4,6-7,10-13,20,36H,5,8-9,14-18H2,1H3,(H,34,35). The van der Waals surface area contributed by atoms with Gasteiger partial charge in [-0.05, 0) is 56.4 Å². The first kappa shape index (κ1) is 26.0. The molecule has 1 fully saturated rings. The Morgan fingerprint density at radius 3 is 2.22 bits per heavy atom. The van der Waals surface area contributed by atoms with Crippen molar-refractivity contribution in [3.63, 3.8) is 0 Å². The highest BCUT2D eigenvalue weighted by Gasteiger charge is 2.23. The van der Waals surface area contributed by atoms with E-state index in [4.69, 9.17) is 5.11 Å². The summed E-state index contributed by atoms with van der Waals surface area (Å²) in [6, 6.07) is 17.0. The minimum Gasteiger partial charge on any atom is -0.504 e. The molecule has 0 amide bonds. The average Bonchev–Trinajstić information content (AvgIpc) is 2.91. The van der Waals surface area contributed by atoms with E-state index in [9.17, 15) is 19.5 Å². The lowest BCUT2D eigenvalue weighted by atomic mass is 9.92. The van der Waals surface area contributed by atoms with E-state index in [-0.39, 0.29) is 42.3 Å². The molecule has 1 saturated heterocycles. The van der Waals surface area contributed by atoms with E-state index in [2.05, 4.69) is 14.9 Å². The van der Waals surface area contributed by atoms with Crippen molar-refractivity contribution in [1.29, 1.82) is 0 Å². The number of rotatable bonds is 10. The van der Waals surface area contributed by atoms with Crippen molar-refractivity contribution in [1.82, 2.24) is 9.97 Å². The monoisotopic (exact) mass is 501 g/mol. The number of ketones is 2. The Balaban J connectivity index is 1.34. The lowest BCUT2D eigenvalue weighted by molar-refractivity contribution is -0.137. The van der Waals surface area contributed by atoms with Gasteiger partial charge in [-0.1, -0.05) is 30.3 Å². The van der Waals surface area contributed by atoms with Crippen LogP contribution >= 0.6 is 0 Å². The number of aromatic hydroxyl groups is 1. The van der Waals surface area contributed by atoms with E-state index < -0.39 is 5.97 Å². The topological polar surface area (TPSA) is 121 Å². The van der Waals surface area contributed by atoms with Gasteiger partial charge in [0.25, 0.3) is 0 Å². The van der Waals surface area contributed by atoms with Crippen LogP contribution in [-0.2, 0) is 11.2 Å². The normalized spacial score (nSPS) is 13.9. The molecule has 192 valence electrons. The molecule has 3 aromatic rings. The molecule has 0 atom stereocenters. The summed E-state index contributed by atoms with van der Waals surface area (Å²) in [5.74, 6) is -0.676. The van der Waals surface area contributed by atoms with Gasteiger partial charge in [0, 0.05) is 49.2 Å². The maximum atomic E-state index is 12.7. The van der Waals surface area contributed by atoms with Crippen molar-refractivity contribution in [3.8, 4) is 5.75 Å². The van der Waals surface area contributed by atoms with Gasteiger partial charge in [0.05, 0.1) is 5.69 Å². The molecule has 1 aromatic heterocycles. The Morgan fingerprint density at radius 1 is 0.919 bits per heavy atom. The number of anilines is 1. The van der Waals surface area contributed by atoms with Crippen molar-refractivity contribution < 1.29 is 24.6 Å². The maximum absolute atomic E-state index is 12.7. The van der Waals surface area contributed by atoms with Crippen LogP contribution in [0.4, 0.5) is 5.69 Å². The van der Waals surface area contributed by atoms with Gasteiger partial charge in [-0.2, -0.15) is 0 Å². The third-order valence-corrected chi connectivity index (χ3v) is 6.78. The third-order valence-electron chi connectivity index (χ3n) is 6.78. The van der Waals surface area contributed by atoms with Gasteiger partial charge >= 0.3 is 5.97 Å². The second-order valence-electron chi connectivity index (χ2n) is 9.47. The Labute approximate surface area is 216 Å². The molecular weight excluding hydrogens is 470 g/mol. The quantitative estimate of drug-likeness (QED) is 0.386. The smallest absolute Gasteiger partial charge is 0.303 e. The molecule has 1 aliphatic rings. The van der Waals surface area contributed by atoms with E-state index in [1.165, 1.54) is 0 Å². The molecule has 2 heterocycles. The van der Waals surface area contributed by atoms with E-state index >= 15 is 0 Å². The molecule has 0 bridgehead atoms. The number of carbonyl (C=O) groups is 3. The summed E-state index contributed by atoms with van der Waals surface area (Å²) in [5, 5.41) is 19.1. The summed E-state index contributed by atoms with van der Waals surface area (Å²) in [7, 11) is 0. The van der Waals surface area contributed by atoms with Crippen molar-refractivity contribution in [2.75, 3.05) is 18.0 Å². The fourth-order valence-electron chi connectivity index (χ4n) is 4.66. The number of nitrogens with zero attached hydrogens (tertiary/aromatic N) is 3. The zero-order chi connectivity index (χ0) is 26.4. The predicted octanol–water partition coefficient (Wildman–Crippen LogP) is 4.62. The minimum atomic E-state index is -0.959. The van der Waals surface area contributed by atoms with Crippen LogP contribution in [0.15, 0.2) is 54.6 Å². The van der Waals surface area contributed by atoms with Gasteiger partial charge in [0.2, 0.25) is 0 Å². The Bertz CT molecular complexity index is 1270. The molecule has 8 nitrogen and oxygen atoms in total. The zero-order valence-electron chi connectivity index (χ0n) is 20.9. The molecule has 0 spiro atoms. The predicted molar refractivity (Wildman–Crippen MR) is 139 cm³/mol. The van der Waals surface area contributed by atoms with Crippen LogP contribution in [0.5, 0.6) is 5.75 Å². The number of carbonyl (C=O) groups excluding carboxylic acids is 2. The van der Waals surface area contributed by atoms with Crippen LogP contribution in [0.25, 0.3) is 0 Å². The molecule has 4 rings (SSSR count). The number of Topliss-reactive ketones (excluding diaryl/α,β-unsaturated/α-hetero) is 1. The Morgan fingerprint density at radius 2 is 1.57 bits per heavy atom. The summed E-state index contributed by atoms with van der Waals surface area (Å²) < 4.78 is 0. The number of piperidine rings is 1. The molecule has 37 heavy (non-hydrogen) atoms. The van der Waals surface area contributed by atoms with Gasteiger partial charge in [-0.3, -0.25) is 14.4 Å². The first-order valence-electron chi connectivity index (χ1n) is 12.6. The third kappa shape index (κ3) is 6.58. The summed E-state index contributed by atoms with van der Waals surface area (Å²) in [5.41, 5.74) is 2.75. The van der Waals surface area contributed by atoms with Gasteiger partial charge in [-0.25, -0.2) is 9.97 Å². The van der Waals surface area contributed by atoms with Crippen LogP contribution in [-0.4, -0.2) is 50.8 Å². The van der Waals surface area contributed by atoms with Crippen LogP contribution in [0, 0.1) is 12.8 Å². The van der Waals surface area contributed by atoms with Crippen molar-refractivity contribution in [2.24, 2.45) is 5.92 Å². The molecule has 1 aliphatic heterocycles. The highest BCUT2D eigenvalue weighted by Crippen LogP contribution is 2.27. The number of carboxylic acid groups (broad SMARTS) is 1. The molecule has 2 aromatic carbocycles. The summed E-state index contributed by atoms with van der Waals surface area (Å²) >= 11 is 0. The van der Waals surface area contributed by atoms with Crippen LogP contribution in [0.2, 0.25) is 0 Å². The van der Waals surface area contributed by atoms with E-state index in [0.717, 1.165) is 31.6 Å². The van der Waals surface area contributed by atoms with Gasteiger partial charge < -0.3 is 15.1 Å². The van der Waals surface area contributed by atoms with Crippen LogP contribution in [0.1, 0.15) is 70.0 Å². The number of aromatic nitrogens is 2. The maximum Gasteiger partial charge on any atom is 0.303 e. The van der Waals surface area contributed by atoms with E-state index in [1.54, 1.807) is 6.92 Å².